The second-order valence-electron chi connectivity index (χ2n) is 5.69. The van der Waals surface area contributed by atoms with Crippen LogP contribution in [0.4, 0.5) is 0 Å². The Labute approximate surface area is 131 Å². The van der Waals surface area contributed by atoms with Crippen LogP contribution >= 0.6 is 0 Å². The van der Waals surface area contributed by atoms with Gasteiger partial charge in [0.05, 0.1) is 19.5 Å². The summed E-state index contributed by atoms with van der Waals surface area (Å²) in [7, 11) is 1.82. The highest BCUT2D eigenvalue weighted by molar-refractivity contribution is 5.75. The summed E-state index contributed by atoms with van der Waals surface area (Å²) in [6.45, 7) is 5.43. The molecule has 0 bridgehead atoms. The van der Waals surface area contributed by atoms with Gasteiger partial charge in [-0.1, -0.05) is 0 Å². The van der Waals surface area contributed by atoms with Crippen LogP contribution in [0.25, 0.3) is 0 Å². The minimum absolute atomic E-state index is 0.105. The van der Waals surface area contributed by atoms with E-state index >= 15 is 0 Å². The number of nitrogens with zero attached hydrogens (tertiary/aromatic N) is 2. The lowest BCUT2D eigenvalue weighted by Crippen LogP contribution is -2.47. The SMILES string of the molecule is CCN(C)C(=O)CCN1CCOCC1CC(O)c1ccco1. The first kappa shape index (κ1) is 17.0. The molecule has 0 saturated carbocycles. The van der Waals surface area contributed by atoms with Crippen molar-refractivity contribution in [1.29, 1.82) is 0 Å². The lowest BCUT2D eigenvalue weighted by molar-refractivity contribution is -0.130. The van der Waals surface area contributed by atoms with Crippen molar-refractivity contribution in [1.82, 2.24) is 9.80 Å². The summed E-state index contributed by atoms with van der Waals surface area (Å²) in [5.41, 5.74) is 0. The number of amides is 1. The standard InChI is InChI=1S/C16H26N2O4/c1-3-17(2)16(20)6-7-18-8-10-21-12-13(18)11-14(19)15-5-4-9-22-15/h4-5,9,13-14,19H,3,6-8,10-12H2,1-2H3. The minimum atomic E-state index is -0.641. The Morgan fingerprint density at radius 2 is 2.41 bits per heavy atom. The first-order valence-electron chi connectivity index (χ1n) is 7.89. The smallest absolute Gasteiger partial charge is 0.223 e. The highest BCUT2D eigenvalue weighted by Crippen LogP contribution is 2.23. The maximum atomic E-state index is 11.9. The Balaban J connectivity index is 1.86. The molecule has 0 aliphatic carbocycles. The number of ether oxygens (including phenoxy) is 1. The molecule has 1 aromatic rings. The van der Waals surface area contributed by atoms with Gasteiger partial charge in [-0.2, -0.15) is 0 Å². The molecule has 6 heteroatoms. The highest BCUT2D eigenvalue weighted by Gasteiger charge is 2.27. The molecule has 1 amide bonds. The molecule has 0 spiro atoms. The number of aliphatic hydroxyl groups excluding tert-OH is 1. The predicted octanol–water partition coefficient (Wildman–Crippen LogP) is 1.27. The third kappa shape index (κ3) is 4.56. The summed E-state index contributed by atoms with van der Waals surface area (Å²) in [6.07, 6.45) is 1.97. The largest absolute Gasteiger partial charge is 0.467 e. The number of aliphatic hydroxyl groups is 1. The lowest BCUT2D eigenvalue weighted by Gasteiger charge is -2.36. The van der Waals surface area contributed by atoms with Gasteiger partial charge in [0.15, 0.2) is 0 Å². The van der Waals surface area contributed by atoms with Gasteiger partial charge >= 0.3 is 0 Å². The van der Waals surface area contributed by atoms with Crippen LogP contribution in [0.5, 0.6) is 0 Å². The predicted molar refractivity (Wildman–Crippen MR) is 82.4 cm³/mol. The number of rotatable bonds is 7. The quantitative estimate of drug-likeness (QED) is 0.821. The highest BCUT2D eigenvalue weighted by atomic mass is 16.5. The van der Waals surface area contributed by atoms with Gasteiger partial charge in [-0.25, -0.2) is 0 Å². The third-order valence-corrected chi connectivity index (χ3v) is 4.23. The molecule has 124 valence electrons. The van der Waals surface area contributed by atoms with E-state index < -0.39 is 6.10 Å². The van der Waals surface area contributed by atoms with Crippen molar-refractivity contribution < 1.29 is 19.1 Å². The fourth-order valence-electron chi connectivity index (χ4n) is 2.66. The average Bonchev–Trinajstić information content (AvgIpc) is 3.07. The zero-order valence-electron chi connectivity index (χ0n) is 13.4. The molecule has 1 aliphatic heterocycles. The van der Waals surface area contributed by atoms with Gasteiger partial charge in [-0.15, -0.1) is 0 Å². The molecule has 1 fully saturated rings. The van der Waals surface area contributed by atoms with Gasteiger partial charge in [0, 0.05) is 39.1 Å². The Bertz CT molecular complexity index is 449. The summed E-state index contributed by atoms with van der Waals surface area (Å²) in [5, 5.41) is 10.2. The van der Waals surface area contributed by atoms with Crippen LogP contribution in [-0.4, -0.2) is 66.8 Å². The van der Waals surface area contributed by atoms with Gasteiger partial charge in [-0.3, -0.25) is 9.69 Å². The fourth-order valence-corrected chi connectivity index (χ4v) is 2.66. The van der Waals surface area contributed by atoms with E-state index in [2.05, 4.69) is 4.90 Å². The number of carbonyl (C=O) groups is 1. The summed E-state index contributed by atoms with van der Waals surface area (Å²) in [5.74, 6) is 0.728. The number of carbonyl (C=O) groups excluding carboxylic acids is 1. The second kappa shape index (κ2) is 8.31. The zero-order valence-corrected chi connectivity index (χ0v) is 13.4. The van der Waals surface area contributed by atoms with Crippen molar-refractivity contribution in [3.63, 3.8) is 0 Å². The molecule has 1 N–H and O–H groups in total. The van der Waals surface area contributed by atoms with Crippen LogP contribution in [0.3, 0.4) is 0 Å². The lowest BCUT2D eigenvalue weighted by atomic mass is 10.0. The van der Waals surface area contributed by atoms with Crippen LogP contribution in [0.2, 0.25) is 0 Å². The van der Waals surface area contributed by atoms with Gasteiger partial charge in [0.25, 0.3) is 0 Å². The molecule has 1 saturated heterocycles. The normalized spacial score (nSPS) is 20.8. The molecule has 2 rings (SSSR count). The molecule has 0 aromatic carbocycles. The first-order valence-corrected chi connectivity index (χ1v) is 7.89. The van der Waals surface area contributed by atoms with E-state index in [0.717, 1.165) is 13.1 Å². The average molecular weight is 310 g/mol. The molecule has 2 atom stereocenters. The number of furan rings is 1. The molecule has 2 heterocycles. The third-order valence-electron chi connectivity index (χ3n) is 4.23. The van der Waals surface area contributed by atoms with Crippen molar-refractivity contribution in [2.75, 3.05) is 39.9 Å². The van der Waals surface area contributed by atoms with Crippen molar-refractivity contribution >= 4 is 5.91 Å². The van der Waals surface area contributed by atoms with Crippen molar-refractivity contribution in [2.24, 2.45) is 0 Å². The number of hydrogen-bond acceptors (Lipinski definition) is 5. The molecular weight excluding hydrogens is 284 g/mol. The van der Waals surface area contributed by atoms with Crippen LogP contribution in [0, 0.1) is 0 Å². The zero-order chi connectivity index (χ0) is 15.9. The molecule has 1 aromatic heterocycles. The summed E-state index contributed by atoms with van der Waals surface area (Å²) in [4.78, 5) is 15.9. The Kier molecular flexibility index (Phi) is 6.42. The molecule has 22 heavy (non-hydrogen) atoms. The van der Waals surface area contributed by atoms with E-state index in [1.54, 1.807) is 23.3 Å². The number of morpholine rings is 1. The second-order valence-corrected chi connectivity index (χ2v) is 5.69. The van der Waals surface area contributed by atoms with Crippen molar-refractivity contribution in [3.05, 3.63) is 24.2 Å². The topological polar surface area (TPSA) is 66.2 Å². The van der Waals surface area contributed by atoms with Gasteiger partial charge in [0.2, 0.25) is 5.91 Å². The fraction of sp³-hybridized carbons (Fsp3) is 0.688. The van der Waals surface area contributed by atoms with Gasteiger partial charge < -0.3 is 19.2 Å². The van der Waals surface area contributed by atoms with Crippen LogP contribution in [0.15, 0.2) is 22.8 Å². The van der Waals surface area contributed by atoms with Crippen LogP contribution in [-0.2, 0) is 9.53 Å². The molecule has 2 unspecified atom stereocenters. The van der Waals surface area contributed by atoms with Gasteiger partial charge in [-0.05, 0) is 25.5 Å². The monoisotopic (exact) mass is 310 g/mol. The summed E-state index contributed by atoms with van der Waals surface area (Å²) < 4.78 is 10.8. The van der Waals surface area contributed by atoms with Crippen molar-refractivity contribution in [2.45, 2.75) is 31.9 Å². The van der Waals surface area contributed by atoms with Crippen LogP contribution in [0.1, 0.15) is 31.6 Å². The van der Waals surface area contributed by atoms with E-state index in [1.165, 1.54) is 0 Å². The number of hydrogen-bond donors (Lipinski definition) is 1. The van der Waals surface area contributed by atoms with E-state index in [-0.39, 0.29) is 11.9 Å². The van der Waals surface area contributed by atoms with E-state index in [0.29, 0.717) is 38.4 Å². The Hall–Kier alpha value is -1.37. The van der Waals surface area contributed by atoms with Crippen LogP contribution < -0.4 is 0 Å². The first-order chi connectivity index (χ1) is 10.6. The Morgan fingerprint density at radius 3 is 3.09 bits per heavy atom. The van der Waals surface area contributed by atoms with Crippen molar-refractivity contribution in [3.8, 4) is 0 Å². The van der Waals surface area contributed by atoms with E-state index in [4.69, 9.17) is 9.15 Å². The summed E-state index contributed by atoms with van der Waals surface area (Å²) in [6, 6.07) is 3.65. The molecule has 0 radical (unpaired) electrons. The summed E-state index contributed by atoms with van der Waals surface area (Å²) >= 11 is 0. The van der Waals surface area contributed by atoms with Gasteiger partial charge in [0.1, 0.15) is 11.9 Å². The van der Waals surface area contributed by atoms with E-state index in [1.807, 2.05) is 14.0 Å². The maximum absolute atomic E-state index is 11.9. The molecular formula is C16H26N2O4. The maximum Gasteiger partial charge on any atom is 0.223 e. The minimum Gasteiger partial charge on any atom is -0.467 e. The molecule has 1 aliphatic rings. The molecule has 6 nitrogen and oxygen atoms in total. The Morgan fingerprint density at radius 1 is 1.59 bits per heavy atom. The van der Waals surface area contributed by atoms with E-state index in [9.17, 15) is 9.90 Å².